The van der Waals surface area contributed by atoms with Gasteiger partial charge in [0.05, 0.1) is 4.92 Å². The maximum absolute atomic E-state index is 13.0. The van der Waals surface area contributed by atoms with E-state index in [0.29, 0.717) is 5.56 Å². The molecule has 0 saturated carbocycles. The number of anilines is 1. The fraction of sp³-hybridized carbons (Fsp3) is 0.0769. The zero-order valence-electron chi connectivity index (χ0n) is 10.9. The van der Waals surface area contributed by atoms with Crippen LogP contribution in [0.25, 0.3) is 11.0 Å². The van der Waals surface area contributed by atoms with Crippen LogP contribution in [0.15, 0.2) is 35.0 Å². The van der Waals surface area contributed by atoms with Crippen molar-refractivity contribution in [1.29, 1.82) is 0 Å². The van der Waals surface area contributed by atoms with Crippen LogP contribution >= 0.6 is 11.6 Å². The summed E-state index contributed by atoms with van der Waals surface area (Å²) in [6, 6.07) is 7.00. The SMILES string of the molecule is O=[N+]([O-])c1c(NCc2ccc(F)cc2Cl)ccc2nonc12. The van der Waals surface area contributed by atoms with Gasteiger partial charge in [-0.1, -0.05) is 17.7 Å². The molecule has 1 aromatic heterocycles. The summed E-state index contributed by atoms with van der Waals surface area (Å²) in [5, 5.41) is 21.5. The molecule has 0 atom stereocenters. The number of benzene rings is 2. The molecule has 0 unspecified atom stereocenters. The zero-order valence-corrected chi connectivity index (χ0v) is 11.7. The van der Waals surface area contributed by atoms with Crippen molar-refractivity contribution < 1.29 is 13.9 Å². The topological polar surface area (TPSA) is 94.1 Å². The van der Waals surface area contributed by atoms with Crippen molar-refractivity contribution in [2.75, 3.05) is 5.32 Å². The molecule has 9 heteroatoms. The minimum Gasteiger partial charge on any atom is -0.375 e. The first-order chi connectivity index (χ1) is 10.6. The predicted octanol–water partition coefficient (Wildman–Crippen LogP) is 3.54. The molecular formula is C13H8ClFN4O3. The third-order valence-corrected chi connectivity index (χ3v) is 3.42. The van der Waals surface area contributed by atoms with Gasteiger partial charge in [0.25, 0.3) is 0 Å². The average molecular weight is 323 g/mol. The lowest BCUT2D eigenvalue weighted by Crippen LogP contribution is -2.04. The largest absolute Gasteiger partial charge is 0.375 e. The van der Waals surface area contributed by atoms with E-state index in [-0.39, 0.29) is 34.0 Å². The van der Waals surface area contributed by atoms with Crippen molar-refractivity contribution in [3.05, 3.63) is 56.8 Å². The Balaban J connectivity index is 1.93. The van der Waals surface area contributed by atoms with Crippen molar-refractivity contribution in [2.24, 2.45) is 0 Å². The summed E-state index contributed by atoms with van der Waals surface area (Å²) in [5.41, 5.74) is 0.957. The zero-order chi connectivity index (χ0) is 15.7. The fourth-order valence-electron chi connectivity index (χ4n) is 2.02. The lowest BCUT2D eigenvalue weighted by atomic mass is 10.2. The molecule has 3 aromatic rings. The number of nitro benzene ring substituents is 1. The summed E-state index contributed by atoms with van der Waals surface area (Å²) in [6.45, 7) is 0.191. The lowest BCUT2D eigenvalue weighted by Gasteiger charge is -2.08. The highest BCUT2D eigenvalue weighted by atomic mass is 35.5. The standard InChI is InChI=1S/C13H8ClFN4O3/c14-9-5-8(15)2-1-7(9)6-16-11-4-3-10-12(18-22-17-10)13(11)19(20)21/h1-5,16H,6H2. The molecule has 2 aromatic carbocycles. The molecule has 0 aliphatic carbocycles. The number of nitrogens with zero attached hydrogens (tertiary/aromatic N) is 3. The van der Waals surface area contributed by atoms with Crippen LogP contribution in [0.2, 0.25) is 5.02 Å². The number of aromatic nitrogens is 2. The van der Waals surface area contributed by atoms with Gasteiger partial charge in [0.1, 0.15) is 17.0 Å². The van der Waals surface area contributed by atoms with Crippen molar-refractivity contribution in [1.82, 2.24) is 10.3 Å². The number of nitrogens with one attached hydrogen (secondary N) is 1. The summed E-state index contributed by atoms with van der Waals surface area (Å²) < 4.78 is 17.5. The third-order valence-electron chi connectivity index (χ3n) is 3.07. The van der Waals surface area contributed by atoms with Crippen LogP contribution in [-0.2, 0) is 6.54 Å². The monoisotopic (exact) mass is 322 g/mol. The van der Waals surface area contributed by atoms with Gasteiger partial charge < -0.3 is 5.32 Å². The summed E-state index contributed by atoms with van der Waals surface area (Å²) in [7, 11) is 0. The first-order valence-corrected chi connectivity index (χ1v) is 6.51. The Bertz CT molecular complexity index is 868. The molecule has 3 rings (SSSR count). The Morgan fingerprint density at radius 2 is 2.14 bits per heavy atom. The van der Waals surface area contributed by atoms with Crippen molar-refractivity contribution in [3.63, 3.8) is 0 Å². The lowest BCUT2D eigenvalue weighted by molar-refractivity contribution is -0.382. The van der Waals surface area contributed by atoms with Crippen LogP contribution < -0.4 is 5.32 Å². The van der Waals surface area contributed by atoms with Crippen molar-refractivity contribution in [2.45, 2.75) is 6.54 Å². The molecule has 1 N–H and O–H groups in total. The normalized spacial score (nSPS) is 10.8. The summed E-state index contributed by atoms with van der Waals surface area (Å²) in [5.74, 6) is -0.449. The summed E-state index contributed by atoms with van der Waals surface area (Å²) >= 11 is 5.92. The maximum Gasteiger partial charge on any atom is 0.323 e. The number of hydrogen-bond donors (Lipinski definition) is 1. The van der Waals surface area contributed by atoms with Crippen LogP contribution in [0, 0.1) is 15.9 Å². The summed E-state index contributed by atoms with van der Waals surface area (Å²) in [6.07, 6.45) is 0. The molecule has 0 bridgehead atoms. The highest BCUT2D eigenvalue weighted by molar-refractivity contribution is 6.31. The number of fused-ring (bicyclic) bond motifs is 1. The number of halogens is 2. The Hall–Kier alpha value is -2.74. The van der Waals surface area contributed by atoms with Crippen LogP contribution in [0.5, 0.6) is 0 Å². The van der Waals surface area contributed by atoms with Gasteiger partial charge in [-0.2, -0.15) is 0 Å². The van der Waals surface area contributed by atoms with Gasteiger partial charge in [0.2, 0.25) is 5.52 Å². The number of nitro groups is 1. The fourth-order valence-corrected chi connectivity index (χ4v) is 2.25. The second kappa shape index (κ2) is 5.57. The minimum absolute atomic E-state index is 0.0557. The molecule has 1 heterocycles. The van der Waals surface area contributed by atoms with E-state index in [2.05, 4.69) is 20.3 Å². The van der Waals surface area contributed by atoms with E-state index >= 15 is 0 Å². The second-order valence-corrected chi connectivity index (χ2v) is 4.85. The number of rotatable bonds is 4. The molecule has 0 spiro atoms. The Morgan fingerprint density at radius 1 is 1.32 bits per heavy atom. The number of hydrogen-bond acceptors (Lipinski definition) is 6. The molecule has 0 amide bonds. The second-order valence-electron chi connectivity index (χ2n) is 4.44. The van der Waals surface area contributed by atoms with E-state index in [9.17, 15) is 14.5 Å². The quantitative estimate of drug-likeness (QED) is 0.583. The molecule has 0 aliphatic rings. The van der Waals surface area contributed by atoms with Gasteiger partial charge in [-0.3, -0.25) is 10.1 Å². The average Bonchev–Trinajstić information content (AvgIpc) is 2.93. The van der Waals surface area contributed by atoms with Crippen LogP contribution in [0.1, 0.15) is 5.56 Å². The van der Waals surface area contributed by atoms with Gasteiger partial charge in [0.15, 0.2) is 0 Å². The van der Waals surface area contributed by atoms with E-state index < -0.39 is 10.7 Å². The predicted molar refractivity (Wildman–Crippen MR) is 77.2 cm³/mol. The first kappa shape index (κ1) is 14.2. The molecule has 0 radical (unpaired) electrons. The van der Waals surface area contributed by atoms with Crippen molar-refractivity contribution >= 4 is 34.0 Å². The van der Waals surface area contributed by atoms with Gasteiger partial charge in [0, 0.05) is 11.6 Å². The van der Waals surface area contributed by atoms with E-state index in [0.717, 1.165) is 0 Å². The molecule has 0 fully saturated rings. The Morgan fingerprint density at radius 3 is 2.86 bits per heavy atom. The van der Waals surface area contributed by atoms with Gasteiger partial charge >= 0.3 is 5.69 Å². The molecule has 22 heavy (non-hydrogen) atoms. The van der Waals surface area contributed by atoms with E-state index in [1.165, 1.54) is 24.3 Å². The molecule has 112 valence electrons. The van der Waals surface area contributed by atoms with E-state index in [4.69, 9.17) is 11.6 Å². The van der Waals surface area contributed by atoms with E-state index in [1.807, 2.05) is 0 Å². The Kier molecular flexibility index (Phi) is 3.60. The Labute approximate surface area is 127 Å². The highest BCUT2D eigenvalue weighted by Crippen LogP contribution is 2.32. The van der Waals surface area contributed by atoms with Gasteiger partial charge in [-0.15, -0.1) is 0 Å². The molecule has 7 nitrogen and oxygen atoms in total. The van der Waals surface area contributed by atoms with Crippen LogP contribution in [0.3, 0.4) is 0 Å². The maximum atomic E-state index is 13.0. The first-order valence-electron chi connectivity index (χ1n) is 6.13. The van der Waals surface area contributed by atoms with Crippen LogP contribution in [-0.4, -0.2) is 15.2 Å². The molecule has 0 saturated heterocycles. The van der Waals surface area contributed by atoms with Crippen molar-refractivity contribution in [3.8, 4) is 0 Å². The van der Waals surface area contributed by atoms with Gasteiger partial charge in [-0.05, 0) is 40.1 Å². The molecular weight excluding hydrogens is 315 g/mol. The highest BCUT2D eigenvalue weighted by Gasteiger charge is 2.22. The smallest absolute Gasteiger partial charge is 0.323 e. The van der Waals surface area contributed by atoms with Crippen LogP contribution in [0.4, 0.5) is 15.8 Å². The third kappa shape index (κ3) is 2.56. The van der Waals surface area contributed by atoms with Gasteiger partial charge in [-0.25, -0.2) is 9.02 Å². The summed E-state index contributed by atoms with van der Waals surface area (Å²) in [4.78, 5) is 10.7. The minimum atomic E-state index is -0.568. The molecule has 0 aliphatic heterocycles. The van der Waals surface area contributed by atoms with E-state index in [1.54, 1.807) is 6.07 Å².